The molecule has 0 radical (unpaired) electrons. The normalized spacial score (nSPS) is 20.5. The van der Waals surface area contributed by atoms with Gasteiger partial charge in [-0.15, -0.1) is 0 Å². The van der Waals surface area contributed by atoms with Gasteiger partial charge in [-0.25, -0.2) is 0 Å². The molecule has 0 N–H and O–H groups in total. The molecular weight excluding hydrogens is 350 g/mol. The summed E-state index contributed by atoms with van der Waals surface area (Å²) >= 11 is 0. The third-order valence-corrected chi connectivity index (χ3v) is 5.93. The Labute approximate surface area is 164 Å². The van der Waals surface area contributed by atoms with Crippen molar-refractivity contribution in [3.63, 3.8) is 0 Å². The second-order valence-electron chi connectivity index (χ2n) is 7.65. The molecule has 0 saturated carbocycles. The molecule has 28 heavy (non-hydrogen) atoms. The van der Waals surface area contributed by atoms with Crippen LogP contribution in [0.3, 0.4) is 0 Å². The summed E-state index contributed by atoms with van der Waals surface area (Å²) in [4.78, 5) is 14.2. The van der Waals surface area contributed by atoms with Crippen LogP contribution in [0.5, 0.6) is 0 Å². The van der Waals surface area contributed by atoms with E-state index in [0.717, 1.165) is 30.2 Å². The first-order valence-electron chi connectivity index (χ1n) is 10.0. The lowest BCUT2D eigenvalue weighted by molar-refractivity contribution is 0.215. The van der Waals surface area contributed by atoms with E-state index < -0.39 is 0 Å². The summed E-state index contributed by atoms with van der Waals surface area (Å²) in [6.07, 6.45) is 6.65. The number of likely N-dealkylation sites (tertiary alicyclic amines) is 1. The standard InChI is InChI=1S/C21H23N7/c22-13-16-5-7-17(8-6-16)19-12-20(25-21-23-15-24-28(19)21)27-11-3-4-18(14-27)26-9-1-2-10-26/h5-8,12,15,18H,1-4,9-11,14H2. The molecule has 1 aromatic carbocycles. The zero-order valence-electron chi connectivity index (χ0n) is 15.8. The Balaban J connectivity index is 1.50. The van der Waals surface area contributed by atoms with Gasteiger partial charge < -0.3 is 4.90 Å². The Morgan fingerprint density at radius 1 is 1.04 bits per heavy atom. The Hall–Kier alpha value is -2.98. The minimum Gasteiger partial charge on any atom is -0.355 e. The van der Waals surface area contributed by atoms with E-state index in [-0.39, 0.29) is 0 Å². The van der Waals surface area contributed by atoms with Gasteiger partial charge in [0, 0.05) is 30.8 Å². The van der Waals surface area contributed by atoms with Crippen molar-refractivity contribution < 1.29 is 0 Å². The quantitative estimate of drug-likeness (QED) is 0.703. The molecule has 0 amide bonds. The Morgan fingerprint density at radius 3 is 2.64 bits per heavy atom. The van der Waals surface area contributed by atoms with Gasteiger partial charge in [-0.2, -0.15) is 24.8 Å². The molecule has 7 heteroatoms. The molecule has 0 spiro atoms. The molecule has 142 valence electrons. The molecule has 5 rings (SSSR count). The lowest BCUT2D eigenvalue weighted by atomic mass is 10.0. The summed E-state index contributed by atoms with van der Waals surface area (Å²) in [6, 6.07) is 12.5. The first-order chi connectivity index (χ1) is 13.8. The molecular formula is C21H23N7. The fraction of sp³-hybridized carbons (Fsp3) is 0.429. The van der Waals surface area contributed by atoms with Crippen LogP contribution < -0.4 is 4.90 Å². The van der Waals surface area contributed by atoms with E-state index >= 15 is 0 Å². The van der Waals surface area contributed by atoms with Crippen LogP contribution in [-0.2, 0) is 0 Å². The number of nitriles is 1. The molecule has 2 fully saturated rings. The Morgan fingerprint density at radius 2 is 1.86 bits per heavy atom. The van der Waals surface area contributed by atoms with Gasteiger partial charge in [0.15, 0.2) is 0 Å². The first-order valence-corrected chi connectivity index (χ1v) is 10.0. The second kappa shape index (κ2) is 7.21. The zero-order chi connectivity index (χ0) is 18.9. The van der Waals surface area contributed by atoms with E-state index in [9.17, 15) is 0 Å². The highest BCUT2D eigenvalue weighted by atomic mass is 15.3. The molecule has 2 aromatic heterocycles. The first kappa shape index (κ1) is 17.1. The average Bonchev–Trinajstić information content (AvgIpc) is 3.45. The lowest BCUT2D eigenvalue weighted by Crippen LogP contribution is -2.47. The van der Waals surface area contributed by atoms with Gasteiger partial charge in [0.05, 0.1) is 17.3 Å². The van der Waals surface area contributed by atoms with Gasteiger partial charge >= 0.3 is 0 Å². The van der Waals surface area contributed by atoms with Crippen LogP contribution in [0.1, 0.15) is 31.2 Å². The highest BCUT2D eigenvalue weighted by Crippen LogP contribution is 2.28. The van der Waals surface area contributed by atoms with Crippen molar-refractivity contribution in [2.24, 2.45) is 0 Å². The third-order valence-electron chi connectivity index (χ3n) is 5.93. The predicted molar refractivity (Wildman–Crippen MR) is 107 cm³/mol. The summed E-state index contributed by atoms with van der Waals surface area (Å²) in [5, 5.41) is 13.4. The number of anilines is 1. The van der Waals surface area contributed by atoms with Crippen molar-refractivity contribution in [1.29, 1.82) is 5.26 Å². The van der Waals surface area contributed by atoms with Crippen LogP contribution in [0, 0.1) is 11.3 Å². The van der Waals surface area contributed by atoms with Gasteiger partial charge in [0.25, 0.3) is 5.78 Å². The van der Waals surface area contributed by atoms with E-state index in [1.54, 1.807) is 10.8 Å². The topological polar surface area (TPSA) is 73.3 Å². The molecule has 0 aliphatic carbocycles. The van der Waals surface area contributed by atoms with Gasteiger partial charge in [0.2, 0.25) is 0 Å². The smallest absolute Gasteiger partial charge is 0.254 e. The van der Waals surface area contributed by atoms with Crippen LogP contribution in [0.4, 0.5) is 5.82 Å². The maximum atomic E-state index is 9.07. The van der Waals surface area contributed by atoms with Crippen LogP contribution >= 0.6 is 0 Å². The molecule has 1 atom stereocenters. The van der Waals surface area contributed by atoms with E-state index in [2.05, 4.69) is 32.0 Å². The van der Waals surface area contributed by atoms with Crippen molar-refractivity contribution in [2.75, 3.05) is 31.1 Å². The lowest BCUT2D eigenvalue weighted by Gasteiger charge is -2.38. The highest BCUT2D eigenvalue weighted by Gasteiger charge is 2.28. The van der Waals surface area contributed by atoms with Crippen LogP contribution in [0.2, 0.25) is 0 Å². The van der Waals surface area contributed by atoms with E-state index in [1.165, 1.54) is 38.8 Å². The van der Waals surface area contributed by atoms with E-state index in [0.29, 0.717) is 17.4 Å². The van der Waals surface area contributed by atoms with Crippen molar-refractivity contribution in [1.82, 2.24) is 24.5 Å². The van der Waals surface area contributed by atoms with Gasteiger partial charge in [-0.3, -0.25) is 4.90 Å². The number of aromatic nitrogens is 4. The van der Waals surface area contributed by atoms with Gasteiger partial charge in [0.1, 0.15) is 12.1 Å². The average molecular weight is 373 g/mol. The van der Waals surface area contributed by atoms with Crippen LogP contribution in [0.15, 0.2) is 36.7 Å². The molecule has 3 aromatic rings. The highest BCUT2D eigenvalue weighted by molar-refractivity contribution is 5.67. The number of piperidine rings is 1. The Kier molecular flexibility index (Phi) is 4.41. The fourth-order valence-electron chi connectivity index (χ4n) is 4.45. The summed E-state index contributed by atoms with van der Waals surface area (Å²) < 4.78 is 1.77. The molecule has 4 heterocycles. The summed E-state index contributed by atoms with van der Waals surface area (Å²) in [5.74, 6) is 1.57. The number of benzene rings is 1. The largest absolute Gasteiger partial charge is 0.355 e. The SMILES string of the molecule is N#Cc1ccc(-c2cc(N3CCCC(N4CCCC4)C3)nc3ncnn23)cc1. The zero-order valence-corrected chi connectivity index (χ0v) is 15.8. The van der Waals surface area contributed by atoms with E-state index in [1.807, 2.05) is 24.3 Å². The number of rotatable bonds is 3. The minimum absolute atomic E-state index is 0.611. The molecule has 0 bridgehead atoms. The van der Waals surface area contributed by atoms with Crippen molar-refractivity contribution in [3.05, 3.63) is 42.2 Å². The van der Waals surface area contributed by atoms with Crippen LogP contribution in [-0.4, -0.2) is 56.7 Å². The summed E-state index contributed by atoms with van der Waals surface area (Å²) in [7, 11) is 0. The number of nitrogens with zero attached hydrogens (tertiary/aromatic N) is 7. The molecule has 2 aliphatic rings. The maximum Gasteiger partial charge on any atom is 0.254 e. The number of hydrogen-bond acceptors (Lipinski definition) is 6. The summed E-state index contributed by atoms with van der Waals surface area (Å²) in [5.41, 5.74) is 2.61. The van der Waals surface area contributed by atoms with Crippen molar-refractivity contribution >= 4 is 11.6 Å². The molecule has 7 nitrogen and oxygen atoms in total. The van der Waals surface area contributed by atoms with Crippen LogP contribution in [0.25, 0.3) is 17.0 Å². The second-order valence-corrected chi connectivity index (χ2v) is 7.65. The van der Waals surface area contributed by atoms with Crippen molar-refractivity contribution in [2.45, 2.75) is 31.7 Å². The summed E-state index contributed by atoms with van der Waals surface area (Å²) in [6.45, 7) is 4.50. The number of fused-ring (bicyclic) bond motifs is 1. The van der Waals surface area contributed by atoms with Crippen molar-refractivity contribution in [3.8, 4) is 17.3 Å². The molecule has 2 saturated heterocycles. The fourth-order valence-corrected chi connectivity index (χ4v) is 4.45. The molecule has 2 aliphatic heterocycles. The minimum atomic E-state index is 0.611. The monoisotopic (exact) mass is 373 g/mol. The Bertz CT molecular complexity index is 1010. The number of hydrogen-bond donors (Lipinski definition) is 0. The predicted octanol–water partition coefficient (Wildman–Crippen LogP) is 2.73. The maximum absolute atomic E-state index is 9.07. The van der Waals surface area contributed by atoms with Gasteiger partial charge in [-0.05, 0) is 50.9 Å². The van der Waals surface area contributed by atoms with Gasteiger partial charge in [-0.1, -0.05) is 12.1 Å². The molecule has 1 unspecified atom stereocenters. The third kappa shape index (κ3) is 3.10. The van der Waals surface area contributed by atoms with E-state index in [4.69, 9.17) is 10.2 Å².